The lowest BCUT2D eigenvalue weighted by Crippen LogP contribution is -2.16. The zero-order valence-corrected chi connectivity index (χ0v) is 14.0. The number of nitrogens with zero attached hydrogens (tertiary/aromatic N) is 1. The van der Waals surface area contributed by atoms with Gasteiger partial charge in [-0.2, -0.15) is 0 Å². The van der Waals surface area contributed by atoms with Gasteiger partial charge in [0.15, 0.2) is 0 Å². The minimum Gasteiger partial charge on any atom is -0.465 e. The molecule has 0 heterocycles. The molecular formula is C18H17N3O5. The number of carbonyl (C=O) groups excluding carboxylic acids is 2. The lowest BCUT2D eigenvalue weighted by Gasteiger charge is -2.11. The lowest BCUT2D eigenvalue weighted by molar-refractivity contribution is -0.384. The van der Waals surface area contributed by atoms with Crippen molar-refractivity contribution >= 4 is 28.9 Å². The Kier molecular flexibility index (Phi) is 4.83. The van der Waals surface area contributed by atoms with E-state index in [0.717, 1.165) is 12.8 Å². The van der Waals surface area contributed by atoms with Crippen molar-refractivity contribution in [3.63, 3.8) is 0 Å². The largest absolute Gasteiger partial charge is 0.465 e. The molecule has 1 aliphatic carbocycles. The number of carbonyl (C=O) groups is 2. The van der Waals surface area contributed by atoms with Gasteiger partial charge in [0.2, 0.25) is 0 Å². The minimum atomic E-state index is -0.587. The van der Waals surface area contributed by atoms with E-state index in [2.05, 4.69) is 15.4 Å². The molecule has 1 saturated carbocycles. The summed E-state index contributed by atoms with van der Waals surface area (Å²) < 4.78 is 4.69. The Morgan fingerprint density at radius 3 is 2.54 bits per heavy atom. The molecule has 2 aromatic rings. The molecule has 1 aliphatic rings. The molecule has 2 aromatic carbocycles. The van der Waals surface area contributed by atoms with Crippen molar-refractivity contribution in [1.29, 1.82) is 0 Å². The fraction of sp³-hybridized carbons (Fsp3) is 0.222. The quantitative estimate of drug-likeness (QED) is 0.468. The van der Waals surface area contributed by atoms with Gasteiger partial charge in [0.05, 0.1) is 23.3 Å². The number of rotatable bonds is 6. The summed E-state index contributed by atoms with van der Waals surface area (Å²) in [6.45, 7) is 0. The van der Waals surface area contributed by atoms with E-state index in [1.54, 1.807) is 18.2 Å². The Balaban J connectivity index is 1.85. The summed E-state index contributed by atoms with van der Waals surface area (Å²) in [7, 11) is 1.25. The number of nitro groups is 1. The number of hydrogen-bond donors (Lipinski definition) is 2. The van der Waals surface area contributed by atoms with Crippen molar-refractivity contribution in [2.45, 2.75) is 18.9 Å². The van der Waals surface area contributed by atoms with Crippen molar-refractivity contribution in [1.82, 2.24) is 0 Å². The molecule has 26 heavy (non-hydrogen) atoms. The predicted octanol–water partition coefficient (Wildman–Crippen LogP) is 3.21. The summed E-state index contributed by atoms with van der Waals surface area (Å²) >= 11 is 0. The number of anilines is 2. The number of amides is 1. The zero-order valence-electron chi connectivity index (χ0n) is 14.0. The molecule has 3 rings (SSSR count). The van der Waals surface area contributed by atoms with Crippen LogP contribution < -0.4 is 10.6 Å². The third-order valence-electron chi connectivity index (χ3n) is 3.97. The summed E-state index contributed by atoms with van der Waals surface area (Å²) in [6.07, 6.45) is 1.95. The molecule has 1 fully saturated rings. The number of ether oxygens (including phenoxy) is 1. The molecule has 0 spiro atoms. The smallest absolute Gasteiger partial charge is 0.339 e. The van der Waals surface area contributed by atoms with E-state index in [1.807, 2.05) is 0 Å². The van der Waals surface area contributed by atoms with Gasteiger partial charge < -0.3 is 15.4 Å². The first-order valence-electron chi connectivity index (χ1n) is 8.03. The highest BCUT2D eigenvalue weighted by atomic mass is 16.6. The number of benzene rings is 2. The van der Waals surface area contributed by atoms with Crippen LogP contribution in [0.1, 0.15) is 33.6 Å². The molecule has 0 unspecified atom stereocenters. The minimum absolute atomic E-state index is 0.123. The molecule has 0 atom stereocenters. The number of nitrogens with one attached hydrogen (secondary N) is 2. The molecule has 134 valence electrons. The monoisotopic (exact) mass is 355 g/mol. The molecule has 1 amide bonds. The van der Waals surface area contributed by atoms with Gasteiger partial charge in [-0.25, -0.2) is 4.79 Å². The van der Waals surface area contributed by atoms with Crippen LogP contribution in [0.15, 0.2) is 42.5 Å². The van der Waals surface area contributed by atoms with Gasteiger partial charge in [0.1, 0.15) is 5.69 Å². The molecule has 0 aliphatic heterocycles. The SMILES string of the molecule is COC(=O)c1ccccc1NC(=O)c1ccc(NC2CC2)c([N+](=O)[O-])c1. The second-order valence-corrected chi connectivity index (χ2v) is 5.90. The van der Waals surface area contributed by atoms with Crippen LogP contribution in [0.3, 0.4) is 0 Å². The fourth-order valence-corrected chi connectivity index (χ4v) is 2.47. The maximum Gasteiger partial charge on any atom is 0.339 e. The Hall–Kier alpha value is -3.42. The maximum absolute atomic E-state index is 12.5. The normalized spacial score (nSPS) is 13.0. The number of esters is 1. The van der Waals surface area contributed by atoms with Crippen molar-refractivity contribution in [3.8, 4) is 0 Å². The average molecular weight is 355 g/mol. The summed E-state index contributed by atoms with van der Waals surface area (Å²) in [6, 6.07) is 10.9. The molecule has 8 nitrogen and oxygen atoms in total. The third kappa shape index (κ3) is 3.80. The van der Waals surface area contributed by atoms with E-state index in [0.29, 0.717) is 5.69 Å². The van der Waals surface area contributed by atoms with Gasteiger partial charge >= 0.3 is 5.97 Å². The highest BCUT2D eigenvalue weighted by molar-refractivity contribution is 6.08. The van der Waals surface area contributed by atoms with E-state index < -0.39 is 16.8 Å². The standard InChI is InChI=1S/C18H17N3O5/c1-26-18(23)13-4-2-3-5-14(13)20-17(22)11-6-9-15(19-12-7-8-12)16(10-11)21(24)25/h2-6,9-10,12,19H,7-8H2,1H3,(H,20,22). The molecule has 2 N–H and O–H groups in total. The number of methoxy groups -OCH3 is 1. The van der Waals surface area contributed by atoms with Crippen LogP contribution in [-0.4, -0.2) is 30.0 Å². The summed E-state index contributed by atoms with van der Waals surface area (Å²) in [5, 5.41) is 17.0. The van der Waals surface area contributed by atoms with Gasteiger partial charge in [-0.15, -0.1) is 0 Å². The zero-order chi connectivity index (χ0) is 18.7. The molecule has 0 aromatic heterocycles. The lowest BCUT2D eigenvalue weighted by atomic mass is 10.1. The first-order chi connectivity index (χ1) is 12.5. The second-order valence-electron chi connectivity index (χ2n) is 5.90. The van der Waals surface area contributed by atoms with Gasteiger partial charge in [-0.1, -0.05) is 12.1 Å². The first kappa shape index (κ1) is 17.4. The van der Waals surface area contributed by atoms with Crippen molar-refractivity contribution in [3.05, 3.63) is 63.7 Å². The Morgan fingerprint density at radius 2 is 1.88 bits per heavy atom. The van der Waals surface area contributed by atoms with Crippen LogP contribution in [-0.2, 0) is 4.74 Å². The summed E-state index contributed by atoms with van der Waals surface area (Å²) in [4.78, 5) is 35.1. The first-order valence-corrected chi connectivity index (χ1v) is 8.03. The third-order valence-corrected chi connectivity index (χ3v) is 3.97. The Morgan fingerprint density at radius 1 is 1.15 bits per heavy atom. The number of nitro benzene ring substituents is 1. The fourth-order valence-electron chi connectivity index (χ4n) is 2.47. The number of hydrogen-bond acceptors (Lipinski definition) is 6. The Bertz CT molecular complexity index is 877. The summed E-state index contributed by atoms with van der Waals surface area (Å²) in [5.41, 5.74) is 0.824. The highest BCUT2D eigenvalue weighted by Crippen LogP contribution is 2.31. The van der Waals surface area contributed by atoms with E-state index in [1.165, 1.54) is 31.4 Å². The van der Waals surface area contributed by atoms with Crippen molar-refractivity contribution < 1.29 is 19.2 Å². The second kappa shape index (κ2) is 7.22. The van der Waals surface area contributed by atoms with Crippen LogP contribution in [0.25, 0.3) is 0 Å². The molecule has 0 bridgehead atoms. The predicted molar refractivity (Wildman–Crippen MR) is 95.5 cm³/mol. The van der Waals surface area contributed by atoms with Gasteiger partial charge in [0, 0.05) is 17.7 Å². The number of para-hydroxylation sites is 1. The van der Waals surface area contributed by atoms with Crippen LogP contribution in [0.4, 0.5) is 17.1 Å². The highest BCUT2D eigenvalue weighted by Gasteiger charge is 2.25. The van der Waals surface area contributed by atoms with Crippen molar-refractivity contribution in [2.24, 2.45) is 0 Å². The molecular weight excluding hydrogens is 338 g/mol. The maximum atomic E-state index is 12.5. The van der Waals surface area contributed by atoms with Crippen LogP contribution in [0, 0.1) is 10.1 Å². The molecule has 8 heteroatoms. The average Bonchev–Trinajstić information content (AvgIpc) is 3.45. The van der Waals surface area contributed by atoms with E-state index >= 15 is 0 Å². The van der Waals surface area contributed by atoms with E-state index in [-0.39, 0.29) is 28.5 Å². The van der Waals surface area contributed by atoms with Crippen LogP contribution >= 0.6 is 0 Å². The Labute approximate surface area is 149 Å². The van der Waals surface area contributed by atoms with E-state index in [9.17, 15) is 19.7 Å². The molecule has 0 radical (unpaired) electrons. The van der Waals surface area contributed by atoms with Crippen molar-refractivity contribution in [2.75, 3.05) is 17.7 Å². The van der Waals surface area contributed by atoms with Crippen LogP contribution in [0.5, 0.6) is 0 Å². The molecule has 0 saturated heterocycles. The van der Waals surface area contributed by atoms with E-state index in [4.69, 9.17) is 0 Å². The van der Waals surface area contributed by atoms with Gasteiger partial charge in [-0.3, -0.25) is 14.9 Å². The van der Waals surface area contributed by atoms with Crippen LogP contribution in [0.2, 0.25) is 0 Å². The van der Waals surface area contributed by atoms with Gasteiger partial charge in [0.25, 0.3) is 11.6 Å². The topological polar surface area (TPSA) is 111 Å². The van der Waals surface area contributed by atoms with Gasteiger partial charge in [-0.05, 0) is 37.1 Å². The summed E-state index contributed by atoms with van der Waals surface area (Å²) in [5.74, 6) is -1.14.